The molecule has 0 aliphatic heterocycles. The molecular weight excluding hydrogens is 241 g/mol. The molecule has 1 saturated carbocycles. The minimum absolute atomic E-state index is 0. The van der Waals surface area contributed by atoms with Gasteiger partial charge in [-0.05, 0) is 43.4 Å². The second kappa shape index (κ2) is 5.69. The Hall–Kier alpha value is -0.800. The summed E-state index contributed by atoms with van der Waals surface area (Å²) < 4.78 is 13.3. The van der Waals surface area contributed by atoms with Gasteiger partial charge in [-0.2, -0.15) is 0 Å². The lowest BCUT2D eigenvalue weighted by Crippen LogP contribution is -2.19. The molecule has 3 N–H and O–H groups in total. The fraction of sp³-hybridized carbons (Fsp3) is 0.538. The van der Waals surface area contributed by atoms with E-state index in [1.165, 1.54) is 25.0 Å². The zero-order valence-corrected chi connectivity index (χ0v) is 10.8. The van der Waals surface area contributed by atoms with Gasteiger partial charge >= 0.3 is 0 Å². The number of halogens is 2. The van der Waals surface area contributed by atoms with Gasteiger partial charge < -0.3 is 10.8 Å². The summed E-state index contributed by atoms with van der Waals surface area (Å²) in [6, 6.07) is 2.46. The fourth-order valence-corrected chi connectivity index (χ4v) is 2.59. The molecule has 0 unspecified atom stereocenters. The van der Waals surface area contributed by atoms with Gasteiger partial charge in [0.1, 0.15) is 11.6 Å². The first-order valence-electron chi connectivity index (χ1n) is 5.84. The van der Waals surface area contributed by atoms with Crippen molar-refractivity contribution in [2.75, 3.05) is 0 Å². The highest BCUT2D eigenvalue weighted by atomic mass is 35.5. The van der Waals surface area contributed by atoms with E-state index in [2.05, 4.69) is 0 Å². The first kappa shape index (κ1) is 14.3. The molecule has 17 heavy (non-hydrogen) atoms. The van der Waals surface area contributed by atoms with E-state index in [4.69, 9.17) is 5.73 Å². The van der Waals surface area contributed by atoms with Crippen molar-refractivity contribution in [3.8, 4) is 5.75 Å². The fourth-order valence-electron chi connectivity index (χ4n) is 2.59. The quantitative estimate of drug-likeness (QED) is 0.855. The molecule has 0 aromatic heterocycles. The molecule has 0 amide bonds. The number of aryl methyl sites for hydroxylation is 1. The number of phenols is 1. The zero-order valence-electron chi connectivity index (χ0n) is 9.95. The Morgan fingerprint density at radius 2 is 1.94 bits per heavy atom. The minimum atomic E-state index is -0.321. The lowest BCUT2D eigenvalue weighted by Gasteiger charge is -2.21. The number of phenolic OH excluding ortho intramolecular Hbond substituents is 1. The van der Waals surface area contributed by atoms with Crippen LogP contribution in [0.1, 0.15) is 42.9 Å². The van der Waals surface area contributed by atoms with Crippen molar-refractivity contribution in [1.82, 2.24) is 0 Å². The van der Waals surface area contributed by atoms with Crippen LogP contribution in [0.5, 0.6) is 5.75 Å². The number of rotatable bonds is 2. The van der Waals surface area contributed by atoms with Crippen molar-refractivity contribution in [3.63, 3.8) is 0 Å². The lowest BCUT2D eigenvalue weighted by atomic mass is 9.91. The largest absolute Gasteiger partial charge is 0.507 e. The van der Waals surface area contributed by atoms with Crippen LogP contribution < -0.4 is 5.73 Å². The summed E-state index contributed by atoms with van der Waals surface area (Å²) in [4.78, 5) is 0. The van der Waals surface area contributed by atoms with Crippen LogP contribution in [0.15, 0.2) is 12.1 Å². The predicted octanol–water partition coefficient (Wildman–Crippen LogP) is 3.45. The number of hydrogen-bond acceptors (Lipinski definition) is 2. The summed E-state index contributed by atoms with van der Waals surface area (Å²) in [5.41, 5.74) is 7.23. The second-order valence-electron chi connectivity index (χ2n) is 4.73. The van der Waals surface area contributed by atoms with E-state index in [0.29, 0.717) is 17.0 Å². The van der Waals surface area contributed by atoms with E-state index in [1.807, 2.05) is 0 Å². The summed E-state index contributed by atoms with van der Waals surface area (Å²) in [7, 11) is 0. The van der Waals surface area contributed by atoms with Crippen molar-refractivity contribution < 1.29 is 9.50 Å². The molecule has 0 heterocycles. The van der Waals surface area contributed by atoms with Crippen LogP contribution in [0.4, 0.5) is 4.39 Å². The minimum Gasteiger partial charge on any atom is -0.507 e. The highest BCUT2D eigenvalue weighted by molar-refractivity contribution is 5.85. The summed E-state index contributed by atoms with van der Waals surface area (Å²) in [5.74, 6) is 0.214. The van der Waals surface area contributed by atoms with E-state index in [-0.39, 0.29) is 30.0 Å². The van der Waals surface area contributed by atoms with E-state index in [0.717, 1.165) is 12.8 Å². The van der Waals surface area contributed by atoms with Crippen LogP contribution in [-0.2, 0) is 0 Å². The third-order valence-electron chi connectivity index (χ3n) is 3.56. The topological polar surface area (TPSA) is 46.2 Å². The molecule has 2 rings (SSSR count). The SMILES string of the molecule is Cc1cc(F)cc([C@@H](N)C2CCCC2)c1O.Cl. The van der Waals surface area contributed by atoms with Crippen molar-refractivity contribution in [3.05, 3.63) is 29.1 Å². The molecule has 1 fully saturated rings. The van der Waals surface area contributed by atoms with Gasteiger partial charge in [0.2, 0.25) is 0 Å². The molecule has 4 heteroatoms. The Balaban J connectivity index is 0.00000144. The van der Waals surface area contributed by atoms with Crippen molar-refractivity contribution >= 4 is 12.4 Å². The average Bonchev–Trinajstić information content (AvgIpc) is 2.75. The van der Waals surface area contributed by atoms with E-state index < -0.39 is 0 Å². The Bertz CT molecular complexity index is 391. The van der Waals surface area contributed by atoms with Gasteiger partial charge in [0.25, 0.3) is 0 Å². The molecule has 1 aliphatic carbocycles. The maximum Gasteiger partial charge on any atom is 0.124 e. The Morgan fingerprint density at radius 3 is 2.53 bits per heavy atom. The smallest absolute Gasteiger partial charge is 0.124 e. The van der Waals surface area contributed by atoms with Gasteiger partial charge in [-0.1, -0.05) is 12.8 Å². The van der Waals surface area contributed by atoms with Crippen LogP contribution in [0.2, 0.25) is 0 Å². The van der Waals surface area contributed by atoms with Crippen molar-refractivity contribution in [2.45, 2.75) is 38.6 Å². The van der Waals surface area contributed by atoms with Gasteiger partial charge in [0.05, 0.1) is 0 Å². The lowest BCUT2D eigenvalue weighted by molar-refractivity contribution is 0.407. The van der Waals surface area contributed by atoms with E-state index in [1.54, 1.807) is 6.92 Å². The number of aromatic hydroxyl groups is 1. The average molecular weight is 260 g/mol. The maximum absolute atomic E-state index is 13.3. The molecule has 1 aromatic rings. The maximum atomic E-state index is 13.3. The first-order valence-corrected chi connectivity index (χ1v) is 5.84. The van der Waals surface area contributed by atoms with Crippen LogP contribution in [-0.4, -0.2) is 5.11 Å². The van der Waals surface area contributed by atoms with E-state index in [9.17, 15) is 9.50 Å². The second-order valence-corrected chi connectivity index (χ2v) is 4.73. The summed E-state index contributed by atoms with van der Waals surface area (Å²) in [6.07, 6.45) is 4.53. The monoisotopic (exact) mass is 259 g/mol. The molecule has 0 radical (unpaired) electrons. The van der Waals surface area contributed by atoms with Gasteiger partial charge in [-0.3, -0.25) is 0 Å². The molecule has 96 valence electrons. The molecule has 0 saturated heterocycles. The third-order valence-corrected chi connectivity index (χ3v) is 3.56. The van der Waals surface area contributed by atoms with Gasteiger partial charge in [-0.15, -0.1) is 12.4 Å². The summed E-state index contributed by atoms with van der Waals surface area (Å²) in [5, 5.41) is 9.91. The summed E-state index contributed by atoms with van der Waals surface area (Å²) in [6.45, 7) is 1.70. The van der Waals surface area contributed by atoms with Crippen LogP contribution in [0.25, 0.3) is 0 Å². The standard InChI is InChI=1S/C13H18FNO.ClH/c1-8-6-10(14)7-11(13(8)16)12(15)9-4-2-3-5-9;/h6-7,9,12,16H,2-5,15H2,1H3;1H/t12-;/m0./s1. The Morgan fingerprint density at radius 1 is 1.35 bits per heavy atom. The molecule has 1 aromatic carbocycles. The van der Waals surface area contributed by atoms with Crippen molar-refractivity contribution in [1.29, 1.82) is 0 Å². The molecular formula is C13H19ClFNO. The molecule has 1 atom stereocenters. The van der Waals surface area contributed by atoms with Gasteiger partial charge in [0, 0.05) is 11.6 Å². The number of nitrogens with two attached hydrogens (primary N) is 1. The number of benzene rings is 1. The molecule has 0 bridgehead atoms. The highest BCUT2D eigenvalue weighted by Crippen LogP contribution is 2.38. The van der Waals surface area contributed by atoms with Gasteiger partial charge in [0.15, 0.2) is 0 Å². The normalized spacial score (nSPS) is 17.8. The summed E-state index contributed by atoms with van der Waals surface area (Å²) >= 11 is 0. The molecule has 0 spiro atoms. The zero-order chi connectivity index (χ0) is 11.7. The van der Waals surface area contributed by atoms with Crippen molar-refractivity contribution in [2.24, 2.45) is 11.7 Å². The molecule has 2 nitrogen and oxygen atoms in total. The van der Waals surface area contributed by atoms with E-state index >= 15 is 0 Å². The van der Waals surface area contributed by atoms with Crippen LogP contribution >= 0.6 is 12.4 Å². The third kappa shape index (κ3) is 2.90. The molecule has 1 aliphatic rings. The Labute approximate surface area is 107 Å². The van der Waals surface area contributed by atoms with Crippen LogP contribution in [0, 0.1) is 18.7 Å². The predicted molar refractivity (Wildman–Crippen MR) is 68.9 cm³/mol. The highest BCUT2D eigenvalue weighted by Gasteiger charge is 2.26. The van der Waals surface area contributed by atoms with Crippen LogP contribution in [0.3, 0.4) is 0 Å². The Kier molecular flexibility index (Phi) is 4.78. The first-order chi connectivity index (χ1) is 7.59. The van der Waals surface area contributed by atoms with Gasteiger partial charge in [-0.25, -0.2) is 4.39 Å². The number of hydrogen-bond donors (Lipinski definition) is 2.